The molecular formula is C22H28FN3OS. The predicted molar refractivity (Wildman–Crippen MR) is 116 cm³/mol. The molecule has 0 aliphatic carbocycles. The van der Waals surface area contributed by atoms with Crippen molar-refractivity contribution in [2.45, 2.75) is 19.9 Å². The summed E-state index contributed by atoms with van der Waals surface area (Å²) in [7, 11) is 0. The second-order valence-corrected chi connectivity index (χ2v) is 7.29. The van der Waals surface area contributed by atoms with Crippen molar-refractivity contribution < 1.29 is 9.13 Å². The monoisotopic (exact) mass is 401 g/mol. The van der Waals surface area contributed by atoms with Gasteiger partial charge in [0.2, 0.25) is 0 Å². The van der Waals surface area contributed by atoms with E-state index in [2.05, 4.69) is 28.1 Å². The third-order valence-corrected chi connectivity index (χ3v) is 5.40. The van der Waals surface area contributed by atoms with E-state index in [1.54, 1.807) is 6.07 Å². The summed E-state index contributed by atoms with van der Waals surface area (Å²) in [4.78, 5) is 4.41. The van der Waals surface area contributed by atoms with Gasteiger partial charge in [0.15, 0.2) is 5.11 Å². The second-order valence-electron chi connectivity index (χ2n) is 6.91. The molecular weight excluding hydrogens is 373 g/mol. The molecule has 0 radical (unpaired) electrons. The lowest BCUT2D eigenvalue weighted by molar-refractivity contribution is 0.0358. The topological polar surface area (TPSA) is 27.7 Å². The molecule has 1 fully saturated rings. The van der Waals surface area contributed by atoms with Crippen molar-refractivity contribution in [1.82, 2.24) is 9.80 Å². The maximum atomic E-state index is 14.2. The third kappa shape index (κ3) is 5.74. The van der Waals surface area contributed by atoms with E-state index in [1.807, 2.05) is 30.3 Å². The fraction of sp³-hybridized carbons (Fsp3) is 0.409. The van der Waals surface area contributed by atoms with E-state index < -0.39 is 0 Å². The number of hydrogen-bond acceptors (Lipinski definition) is 3. The number of aryl methyl sites for hydroxylation is 1. The number of thiocarbonyl (C=S) groups is 1. The van der Waals surface area contributed by atoms with Crippen molar-refractivity contribution in [3.8, 4) is 0 Å². The summed E-state index contributed by atoms with van der Waals surface area (Å²) < 4.78 is 19.7. The van der Waals surface area contributed by atoms with Gasteiger partial charge in [0.25, 0.3) is 0 Å². The smallest absolute Gasteiger partial charge is 0.173 e. The zero-order valence-electron chi connectivity index (χ0n) is 16.4. The molecule has 1 saturated heterocycles. The lowest BCUT2D eigenvalue weighted by Gasteiger charge is -2.31. The fourth-order valence-corrected chi connectivity index (χ4v) is 3.58. The van der Waals surface area contributed by atoms with Gasteiger partial charge in [0.05, 0.1) is 13.2 Å². The van der Waals surface area contributed by atoms with Gasteiger partial charge in [-0.2, -0.15) is 0 Å². The molecule has 0 amide bonds. The van der Waals surface area contributed by atoms with E-state index in [0.29, 0.717) is 17.2 Å². The van der Waals surface area contributed by atoms with E-state index in [1.165, 1.54) is 11.6 Å². The Morgan fingerprint density at radius 1 is 1.11 bits per heavy atom. The minimum atomic E-state index is -0.198. The number of anilines is 1. The van der Waals surface area contributed by atoms with Crippen LogP contribution in [0.25, 0.3) is 0 Å². The zero-order valence-corrected chi connectivity index (χ0v) is 17.2. The third-order valence-electron chi connectivity index (χ3n) is 5.04. The Kier molecular flexibility index (Phi) is 7.77. The lowest BCUT2D eigenvalue weighted by Crippen LogP contribution is -2.44. The Labute approximate surface area is 172 Å². The largest absolute Gasteiger partial charge is 0.379 e. The zero-order chi connectivity index (χ0) is 19.8. The van der Waals surface area contributed by atoms with Crippen LogP contribution >= 0.6 is 12.2 Å². The molecule has 0 spiro atoms. The highest BCUT2D eigenvalue weighted by Gasteiger charge is 2.17. The minimum Gasteiger partial charge on any atom is -0.379 e. The molecule has 0 bridgehead atoms. The molecule has 1 N–H and O–H groups in total. The van der Waals surface area contributed by atoms with Crippen LogP contribution in [-0.4, -0.2) is 54.3 Å². The molecule has 150 valence electrons. The highest BCUT2D eigenvalue weighted by Crippen LogP contribution is 2.17. The van der Waals surface area contributed by atoms with Crippen molar-refractivity contribution in [1.29, 1.82) is 0 Å². The predicted octanol–water partition coefficient (Wildman–Crippen LogP) is 3.92. The van der Waals surface area contributed by atoms with Crippen molar-refractivity contribution in [2.75, 3.05) is 44.7 Å². The van der Waals surface area contributed by atoms with Gasteiger partial charge in [-0.1, -0.05) is 43.3 Å². The normalized spacial score (nSPS) is 14.6. The van der Waals surface area contributed by atoms with E-state index in [-0.39, 0.29) is 5.82 Å². The highest BCUT2D eigenvalue weighted by molar-refractivity contribution is 7.80. The Bertz CT molecular complexity index is 780. The Balaban J connectivity index is 1.72. The van der Waals surface area contributed by atoms with Crippen LogP contribution in [0.1, 0.15) is 18.1 Å². The van der Waals surface area contributed by atoms with Crippen LogP contribution in [0.5, 0.6) is 0 Å². The maximum Gasteiger partial charge on any atom is 0.173 e. The van der Waals surface area contributed by atoms with Crippen molar-refractivity contribution in [3.05, 3.63) is 65.5 Å². The Morgan fingerprint density at radius 3 is 2.50 bits per heavy atom. The summed E-state index contributed by atoms with van der Waals surface area (Å²) >= 11 is 5.72. The number of halogens is 1. The summed E-state index contributed by atoms with van der Waals surface area (Å²) in [5, 5.41) is 4.00. The first-order valence-electron chi connectivity index (χ1n) is 9.84. The lowest BCUT2D eigenvalue weighted by atomic mass is 10.1. The van der Waals surface area contributed by atoms with Gasteiger partial charge in [0, 0.05) is 44.0 Å². The number of nitrogens with zero attached hydrogens (tertiary/aromatic N) is 2. The van der Waals surface area contributed by atoms with Crippen LogP contribution in [-0.2, 0) is 17.7 Å². The highest BCUT2D eigenvalue weighted by atomic mass is 32.1. The van der Waals surface area contributed by atoms with Gasteiger partial charge in [0.1, 0.15) is 5.82 Å². The Morgan fingerprint density at radius 2 is 1.79 bits per heavy atom. The van der Waals surface area contributed by atoms with Crippen LogP contribution in [0.4, 0.5) is 10.1 Å². The molecule has 3 rings (SSSR count). The summed E-state index contributed by atoms with van der Waals surface area (Å²) in [6.45, 7) is 7.54. The van der Waals surface area contributed by atoms with Gasteiger partial charge in [-0.25, -0.2) is 4.39 Å². The van der Waals surface area contributed by atoms with Crippen LogP contribution in [0, 0.1) is 5.82 Å². The van der Waals surface area contributed by atoms with Gasteiger partial charge in [-0.05, 0) is 36.3 Å². The molecule has 2 aromatic rings. The van der Waals surface area contributed by atoms with Crippen LogP contribution in [0.15, 0.2) is 48.5 Å². The number of rotatable bonds is 7. The molecule has 4 nitrogen and oxygen atoms in total. The number of benzene rings is 2. The van der Waals surface area contributed by atoms with Crippen molar-refractivity contribution in [3.63, 3.8) is 0 Å². The summed E-state index contributed by atoms with van der Waals surface area (Å²) in [6, 6.07) is 15.1. The summed E-state index contributed by atoms with van der Waals surface area (Å²) in [5.41, 5.74) is 2.88. The molecule has 2 aromatic carbocycles. The van der Waals surface area contributed by atoms with Gasteiger partial charge < -0.3 is 15.0 Å². The number of ether oxygens (including phenoxy) is 1. The molecule has 0 unspecified atom stereocenters. The quantitative estimate of drug-likeness (QED) is 0.710. The molecule has 28 heavy (non-hydrogen) atoms. The van der Waals surface area contributed by atoms with E-state index in [9.17, 15) is 4.39 Å². The number of nitrogens with one attached hydrogen (secondary N) is 1. The molecule has 0 atom stereocenters. The average Bonchev–Trinajstić information content (AvgIpc) is 2.73. The number of morpholine rings is 1. The van der Waals surface area contributed by atoms with Crippen LogP contribution in [0.3, 0.4) is 0 Å². The first-order valence-corrected chi connectivity index (χ1v) is 10.3. The summed E-state index contributed by atoms with van der Waals surface area (Å²) in [5.74, 6) is -0.198. The van der Waals surface area contributed by atoms with Gasteiger partial charge in [-0.15, -0.1) is 0 Å². The molecule has 1 aliphatic rings. The molecule has 0 saturated carbocycles. The standard InChI is InChI=1S/C22H28FN3OS/c1-2-18-7-4-6-10-21(18)24-22(28)26(12-11-25-13-15-27-16-14-25)17-19-8-3-5-9-20(19)23/h3-10H,2,11-17H2,1H3,(H,24,28). The molecule has 0 aromatic heterocycles. The molecule has 1 aliphatic heterocycles. The van der Waals surface area contributed by atoms with E-state index >= 15 is 0 Å². The van der Waals surface area contributed by atoms with Crippen LogP contribution < -0.4 is 5.32 Å². The molecule has 1 heterocycles. The second kappa shape index (κ2) is 10.5. The first-order chi connectivity index (χ1) is 13.7. The number of para-hydroxylation sites is 1. The van der Waals surface area contributed by atoms with E-state index in [0.717, 1.165) is 51.5 Å². The van der Waals surface area contributed by atoms with E-state index in [4.69, 9.17) is 17.0 Å². The summed E-state index contributed by atoms with van der Waals surface area (Å²) in [6.07, 6.45) is 0.923. The minimum absolute atomic E-state index is 0.198. The Hall–Kier alpha value is -2.02. The molecule has 6 heteroatoms. The maximum absolute atomic E-state index is 14.2. The van der Waals surface area contributed by atoms with Crippen molar-refractivity contribution >= 4 is 23.0 Å². The fourth-order valence-electron chi connectivity index (χ4n) is 3.32. The van der Waals surface area contributed by atoms with Crippen molar-refractivity contribution in [2.24, 2.45) is 0 Å². The van der Waals surface area contributed by atoms with Gasteiger partial charge in [-0.3, -0.25) is 4.90 Å². The van der Waals surface area contributed by atoms with Crippen LogP contribution in [0.2, 0.25) is 0 Å². The van der Waals surface area contributed by atoms with Gasteiger partial charge >= 0.3 is 0 Å². The first kappa shape index (κ1) is 20.7. The average molecular weight is 402 g/mol. The SMILES string of the molecule is CCc1ccccc1NC(=S)N(CCN1CCOCC1)Cc1ccccc1F. The number of hydrogen-bond donors (Lipinski definition) is 1.